The Morgan fingerprint density at radius 2 is 1.81 bits per heavy atom. The zero-order valence-electron chi connectivity index (χ0n) is 33.5. The minimum Gasteiger partial charge on any atom is -0.493 e. The summed E-state index contributed by atoms with van der Waals surface area (Å²) in [5.74, 6) is -4.12. The van der Waals surface area contributed by atoms with E-state index in [9.17, 15) is 39.2 Å². The van der Waals surface area contributed by atoms with Crippen LogP contribution in [-0.2, 0) is 38.2 Å². The van der Waals surface area contributed by atoms with Crippen LogP contribution >= 0.6 is 0 Å². The molecule has 0 aliphatic heterocycles. The summed E-state index contributed by atoms with van der Waals surface area (Å²) in [5, 5.41) is 21.2. The van der Waals surface area contributed by atoms with Gasteiger partial charge in [-0.2, -0.15) is 0 Å². The number of esters is 2. The average Bonchev–Trinajstić information content (AvgIpc) is 3.39. The summed E-state index contributed by atoms with van der Waals surface area (Å²) in [4.78, 5) is 79.8. The number of benzene rings is 1. The van der Waals surface area contributed by atoms with Gasteiger partial charge in [-0.15, -0.1) is 10.1 Å². The Bertz CT molecular complexity index is 1880. The lowest BCUT2D eigenvalue weighted by Gasteiger charge is -2.62. The number of rotatable bonds is 17. The number of unbranched alkanes of at least 4 members (excludes halogenated alkanes) is 2. The summed E-state index contributed by atoms with van der Waals surface area (Å²) in [6.07, 6.45) is 6.80. The van der Waals surface area contributed by atoms with Crippen molar-refractivity contribution in [1.29, 1.82) is 0 Å². The maximum absolute atomic E-state index is 17.8. The average molecular weight is 814 g/mol. The van der Waals surface area contributed by atoms with E-state index in [0.29, 0.717) is 56.1 Å². The van der Waals surface area contributed by atoms with Crippen molar-refractivity contribution in [3.05, 3.63) is 63.8 Å². The molecule has 0 saturated heterocycles. The molecule has 16 heteroatoms. The van der Waals surface area contributed by atoms with Crippen LogP contribution in [0.1, 0.15) is 91.0 Å². The topological polar surface area (TPSA) is 204 Å². The van der Waals surface area contributed by atoms with Crippen molar-refractivity contribution in [3.63, 3.8) is 0 Å². The van der Waals surface area contributed by atoms with Crippen molar-refractivity contribution >= 4 is 35.7 Å². The van der Waals surface area contributed by atoms with Gasteiger partial charge in [-0.25, -0.2) is 14.0 Å². The molecule has 1 aromatic carbocycles. The molecule has 1 aromatic rings. The van der Waals surface area contributed by atoms with E-state index in [1.165, 1.54) is 49.6 Å². The highest BCUT2D eigenvalue weighted by molar-refractivity contribution is 6.01. The quantitative estimate of drug-likeness (QED) is 0.0343. The van der Waals surface area contributed by atoms with E-state index in [1.54, 1.807) is 26.8 Å². The van der Waals surface area contributed by atoms with Crippen molar-refractivity contribution < 1.29 is 67.1 Å². The van der Waals surface area contributed by atoms with Crippen molar-refractivity contribution in [2.75, 3.05) is 26.9 Å². The number of halogens is 1. The number of hydrogen-bond donors (Lipinski definition) is 1. The van der Waals surface area contributed by atoms with Gasteiger partial charge in [-0.1, -0.05) is 44.9 Å². The van der Waals surface area contributed by atoms with Crippen LogP contribution in [0.15, 0.2) is 48.1 Å². The highest BCUT2D eigenvalue weighted by Gasteiger charge is 2.77. The first-order chi connectivity index (χ1) is 27.5. The number of fused-ring (bicyclic) bond motifs is 5. The van der Waals surface area contributed by atoms with Gasteiger partial charge in [0.25, 0.3) is 5.09 Å². The van der Waals surface area contributed by atoms with Gasteiger partial charge in [0.05, 0.1) is 26.4 Å². The number of ether oxygens (including phenoxy) is 5. The molecule has 0 amide bonds. The highest BCUT2D eigenvalue weighted by atomic mass is 19.1. The largest absolute Gasteiger partial charge is 0.514 e. The first-order valence-electron chi connectivity index (χ1n) is 19.7. The SMILES string of the molecule is CCCCC(=O)O[C@]1(C(=O)COC(=O)Oc2ccc(C=CC(=O)OCCCCO[N+](=O)[O-])cc2OC)[C@@H](C)C[C@H]2C3CCC4=CC(=O)C=C[C@]4(C)[C@@]3(F)[C@@H](O)C[C@@]21C. The van der Waals surface area contributed by atoms with Crippen molar-refractivity contribution in [3.8, 4) is 11.5 Å². The van der Waals surface area contributed by atoms with E-state index in [-0.39, 0.29) is 43.3 Å². The fourth-order valence-electron chi connectivity index (χ4n) is 9.90. The second-order valence-corrected chi connectivity index (χ2v) is 16.0. The number of aliphatic hydroxyl groups excluding tert-OH is 1. The first-order valence-corrected chi connectivity index (χ1v) is 19.7. The number of allylic oxidation sites excluding steroid dienone is 4. The van der Waals surface area contributed by atoms with Gasteiger partial charge < -0.3 is 33.6 Å². The third-order valence-electron chi connectivity index (χ3n) is 12.7. The Hall–Kier alpha value is -5.12. The number of Topliss-reactive ketones (excluding diaryl/α,β-unsaturated/α-hetero) is 1. The Morgan fingerprint density at radius 1 is 1.07 bits per heavy atom. The number of hydrogen-bond acceptors (Lipinski definition) is 14. The van der Waals surface area contributed by atoms with E-state index in [0.717, 1.165) is 0 Å². The summed E-state index contributed by atoms with van der Waals surface area (Å²) in [6.45, 7) is 6.19. The van der Waals surface area contributed by atoms with Gasteiger partial charge >= 0.3 is 18.1 Å². The molecule has 8 atom stereocenters. The lowest BCUT2D eigenvalue weighted by molar-refractivity contribution is -0.757. The van der Waals surface area contributed by atoms with E-state index in [4.69, 9.17) is 23.7 Å². The van der Waals surface area contributed by atoms with Crippen molar-refractivity contribution in [2.45, 2.75) is 103 Å². The number of methoxy groups -OCH3 is 1. The highest BCUT2D eigenvalue weighted by Crippen LogP contribution is 2.71. The van der Waals surface area contributed by atoms with Crippen LogP contribution in [-0.4, -0.2) is 84.2 Å². The van der Waals surface area contributed by atoms with Gasteiger partial charge in [0, 0.05) is 35.2 Å². The van der Waals surface area contributed by atoms with E-state index in [1.807, 2.05) is 6.92 Å². The number of carbonyl (C=O) groups excluding carboxylic acids is 5. The number of carbonyl (C=O) groups is 5. The zero-order chi connectivity index (χ0) is 42.5. The monoisotopic (exact) mass is 813 g/mol. The molecule has 4 aliphatic rings. The molecule has 316 valence electrons. The smallest absolute Gasteiger partial charge is 0.493 e. The third kappa shape index (κ3) is 8.25. The van der Waals surface area contributed by atoms with Crippen LogP contribution in [0, 0.1) is 38.7 Å². The van der Waals surface area contributed by atoms with E-state index < -0.39 is 81.5 Å². The molecule has 0 heterocycles. The summed E-state index contributed by atoms with van der Waals surface area (Å²) in [7, 11) is 1.33. The Labute approximate surface area is 336 Å². The number of alkyl halides is 1. The fourth-order valence-corrected chi connectivity index (χ4v) is 9.90. The second-order valence-electron chi connectivity index (χ2n) is 16.0. The molecule has 0 bridgehead atoms. The third-order valence-corrected chi connectivity index (χ3v) is 12.7. The Morgan fingerprint density at radius 3 is 2.52 bits per heavy atom. The van der Waals surface area contributed by atoms with Crippen LogP contribution in [0.2, 0.25) is 0 Å². The summed E-state index contributed by atoms with van der Waals surface area (Å²) >= 11 is 0. The fraction of sp³-hybridized carbons (Fsp3) is 0.595. The van der Waals surface area contributed by atoms with Gasteiger partial charge in [-0.05, 0) is 93.7 Å². The summed E-state index contributed by atoms with van der Waals surface area (Å²) < 4.78 is 45.2. The van der Waals surface area contributed by atoms with Gasteiger partial charge in [0.15, 0.2) is 35.2 Å². The molecule has 5 rings (SSSR count). The second kappa shape index (κ2) is 17.8. The molecule has 3 fully saturated rings. The number of nitrogens with zero attached hydrogens (tertiary/aromatic N) is 1. The predicted molar refractivity (Wildman–Crippen MR) is 203 cm³/mol. The lowest BCUT2D eigenvalue weighted by Crippen LogP contribution is -2.70. The molecule has 0 spiro atoms. The molecule has 1 N–H and O–H groups in total. The Balaban J connectivity index is 1.30. The normalized spacial score (nSPS) is 30.9. The first kappa shape index (κ1) is 44.0. The number of ketones is 2. The minimum atomic E-state index is -2.17. The molecule has 4 aliphatic carbocycles. The molecule has 0 aromatic heterocycles. The van der Waals surface area contributed by atoms with Gasteiger partial charge in [-0.3, -0.25) is 14.4 Å². The van der Waals surface area contributed by atoms with Gasteiger partial charge in [0.2, 0.25) is 5.78 Å². The van der Waals surface area contributed by atoms with Crippen LogP contribution in [0.5, 0.6) is 11.5 Å². The molecule has 15 nitrogen and oxygen atoms in total. The van der Waals surface area contributed by atoms with Crippen molar-refractivity contribution in [2.24, 2.45) is 28.6 Å². The Kier molecular flexibility index (Phi) is 13.5. The van der Waals surface area contributed by atoms with Crippen LogP contribution in [0.3, 0.4) is 0 Å². The molecular formula is C42H52FNO14. The lowest BCUT2D eigenvalue weighted by atomic mass is 9.44. The minimum absolute atomic E-state index is 0.0295. The molecule has 3 saturated carbocycles. The molecule has 58 heavy (non-hydrogen) atoms. The molecular weight excluding hydrogens is 761 g/mol. The van der Waals surface area contributed by atoms with Crippen molar-refractivity contribution in [1.82, 2.24) is 0 Å². The van der Waals surface area contributed by atoms with Crippen LogP contribution in [0.4, 0.5) is 9.18 Å². The summed E-state index contributed by atoms with van der Waals surface area (Å²) in [6, 6.07) is 4.38. The van der Waals surface area contributed by atoms with E-state index in [2.05, 4.69) is 4.84 Å². The van der Waals surface area contributed by atoms with Crippen LogP contribution < -0.4 is 9.47 Å². The van der Waals surface area contributed by atoms with Crippen LogP contribution in [0.25, 0.3) is 6.08 Å². The number of aliphatic hydroxyl groups is 1. The van der Waals surface area contributed by atoms with E-state index >= 15 is 4.39 Å². The standard InChI is InChI=1S/C42H52FNO14/c1-6-7-10-37(49)58-42(26(2)21-31-30-14-13-28-23-29(45)17-18-39(28,3)41(30,43)34(46)24-40(31,42)4)35(47)25-55-38(50)57-32-15-11-27(22-33(32)53-5)12-16-36(48)54-19-8-9-20-56-44(51)52/h11-12,15-18,22-23,26,30-31,34,46H,6-10,13-14,19-21,24-25H2,1-5H3/t26-,30?,31-,34-,39-,40-,41-,42-/m0/s1. The molecule has 1 unspecified atom stereocenters. The molecule has 0 radical (unpaired) electrons. The maximum Gasteiger partial charge on any atom is 0.514 e. The zero-order valence-corrected chi connectivity index (χ0v) is 33.5. The summed E-state index contributed by atoms with van der Waals surface area (Å²) in [5.41, 5.74) is -5.46. The predicted octanol–water partition coefficient (Wildman–Crippen LogP) is 6.41. The maximum atomic E-state index is 17.8. The van der Waals surface area contributed by atoms with Gasteiger partial charge in [0.1, 0.15) is 0 Å².